The molecule has 2 rings (SSSR count). The summed E-state index contributed by atoms with van der Waals surface area (Å²) in [6.07, 6.45) is -4.69. The van der Waals surface area contributed by atoms with E-state index in [2.05, 4.69) is 10.4 Å². The average molecular weight is 416 g/mol. The van der Waals surface area contributed by atoms with Gasteiger partial charge in [-0.1, -0.05) is 0 Å². The topological polar surface area (TPSA) is 90.1 Å². The summed E-state index contributed by atoms with van der Waals surface area (Å²) in [5, 5.41) is 15.9. The first-order valence-corrected chi connectivity index (χ1v) is 9.08. The van der Waals surface area contributed by atoms with Crippen LogP contribution in [0.15, 0.2) is 29.2 Å². The minimum absolute atomic E-state index is 0.0733. The number of non-ortho nitro benzene ring substituents is 1. The summed E-state index contributed by atoms with van der Waals surface area (Å²) in [4.78, 5) is 23.1. The molecule has 7 nitrogen and oxygen atoms in total. The Morgan fingerprint density at radius 1 is 1.29 bits per heavy atom. The second-order valence-electron chi connectivity index (χ2n) is 6.20. The molecule has 0 aliphatic heterocycles. The van der Waals surface area contributed by atoms with Gasteiger partial charge in [0.2, 0.25) is 5.91 Å². The second-order valence-corrected chi connectivity index (χ2v) is 7.62. The van der Waals surface area contributed by atoms with Crippen molar-refractivity contribution < 1.29 is 22.9 Å². The SMILES string of the molecule is Cc1nn(C)c(C)c1[C@H](NC(=O)[C@H](C)Sc1ccc([N+](=O)[O-])cc1)C(F)(F)F. The normalized spacial score (nSPS) is 13.8. The number of hydrogen-bond acceptors (Lipinski definition) is 5. The van der Waals surface area contributed by atoms with Crippen LogP contribution in [-0.2, 0) is 11.8 Å². The van der Waals surface area contributed by atoms with Crippen LogP contribution in [0.2, 0.25) is 0 Å². The molecule has 152 valence electrons. The number of hydrogen-bond donors (Lipinski definition) is 1. The first-order valence-electron chi connectivity index (χ1n) is 8.20. The Bertz CT molecular complexity index is 881. The summed E-state index contributed by atoms with van der Waals surface area (Å²) in [5.74, 6) is -0.798. The molecular weight excluding hydrogens is 397 g/mol. The zero-order valence-electron chi connectivity index (χ0n) is 15.6. The first-order chi connectivity index (χ1) is 12.9. The molecule has 2 aromatic rings. The minimum atomic E-state index is -4.69. The lowest BCUT2D eigenvalue weighted by Crippen LogP contribution is -2.42. The van der Waals surface area contributed by atoms with Crippen molar-refractivity contribution in [3.05, 3.63) is 51.3 Å². The number of nitrogens with zero attached hydrogens (tertiary/aromatic N) is 3. The van der Waals surface area contributed by atoms with Crippen LogP contribution in [-0.4, -0.2) is 32.0 Å². The number of benzene rings is 1. The number of thioether (sulfide) groups is 1. The maximum Gasteiger partial charge on any atom is 0.413 e. The second kappa shape index (κ2) is 8.21. The molecule has 1 amide bonds. The van der Waals surface area contributed by atoms with Crippen molar-refractivity contribution in [1.82, 2.24) is 15.1 Å². The van der Waals surface area contributed by atoms with Gasteiger partial charge in [0.15, 0.2) is 6.04 Å². The van der Waals surface area contributed by atoms with Crippen LogP contribution in [0.1, 0.15) is 29.9 Å². The predicted molar refractivity (Wildman–Crippen MR) is 98.0 cm³/mol. The van der Waals surface area contributed by atoms with Gasteiger partial charge >= 0.3 is 6.18 Å². The zero-order chi connectivity index (χ0) is 21.2. The number of rotatable bonds is 6. The molecule has 0 radical (unpaired) electrons. The smallest absolute Gasteiger partial charge is 0.340 e. The van der Waals surface area contributed by atoms with Gasteiger partial charge in [0.25, 0.3) is 5.69 Å². The number of amides is 1. The highest BCUT2D eigenvalue weighted by atomic mass is 32.2. The molecule has 0 fully saturated rings. The van der Waals surface area contributed by atoms with Gasteiger partial charge < -0.3 is 5.32 Å². The number of nitrogens with one attached hydrogen (secondary N) is 1. The number of alkyl halides is 3. The molecule has 0 spiro atoms. The summed E-state index contributed by atoms with van der Waals surface area (Å²) in [6, 6.07) is 3.27. The van der Waals surface area contributed by atoms with Crippen molar-refractivity contribution in [3.63, 3.8) is 0 Å². The van der Waals surface area contributed by atoms with Gasteiger partial charge in [0.1, 0.15) is 0 Å². The Kier molecular flexibility index (Phi) is 6.37. The van der Waals surface area contributed by atoms with Crippen LogP contribution in [0.3, 0.4) is 0 Å². The van der Waals surface area contributed by atoms with E-state index in [9.17, 15) is 28.1 Å². The van der Waals surface area contributed by atoms with Crippen molar-refractivity contribution in [3.8, 4) is 0 Å². The third-order valence-electron chi connectivity index (χ3n) is 4.20. The van der Waals surface area contributed by atoms with Gasteiger partial charge in [-0.15, -0.1) is 11.8 Å². The molecular formula is C17H19F3N4O3S. The molecule has 11 heteroatoms. The largest absolute Gasteiger partial charge is 0.413 e. The monoisotopic (exact) mass is 416 g/mol. The number of carbonyl (C=O) groups excluding carboxylic acids is 1. The summed E-state index contributed by atoms with van der Waals surface area (Å²) in [5.41, 5.74) is 0.325. The average Bonchev–Trinajstić information content (AvgIpc) is 2.84. The molecule has 1 aromatic heterocycles. The molecule has 0 saturated carbocycles. The van der Waals surface area contributed by atoms with E-state index < -0.39 is 28.3 Å². The van der Waals surface area contributed by atoms with E-state index in [1.54, 1.807) is 0 Å². The van der Waals surface area contributed by atoms with E-state index in [1.165, 1.54) is 56.8 Å². The van der Waals surface area contributed by atoms with E-state index in [0.29, 0.717) is 10.6 Å². The van der Waals surface area contributed by atoms with E-state index >= 15 is 0 Å². The van der Waals surface area contributed by atoms with Crippen LogP contribution >= 0.6 is 11.8 Å². The van der Waals surface area contributed by atoms with E-state index in [0.717, 1.165) is 11.8 Å². The maximum atomic E-state index is 13.6. The fraction of sp³-hybridized carbons (Fsp3) is 0.412. The lowest BCUT2D eigenvalue weighted by atomic mass is 10.0. The van der Waals surface area contributed by atoms with Crippen LogP contribution in [0.25, 0.3) is 0 Å². The summed E-state index contributed by atoms with van der Waals surface area (Å²) < 4.78 is 42.2. The Balaban J connectivity index is 2.18. The van der Waals surface area contributed by atoms with Gasteiger partial charge in [-0.05, 0) is 32.9 Å². The highest BCUT2D eigenvalue weighted by molar-refractivity contribution is 8.00. The van der Waals surface area contributed by atoms with Gasteiger partial charge in [-0.25, -0.2) is 0 Å². The van der Waals surface area contributed by atoms with Gasteiger partial charge in [-0.3, -0.25) is 19.6 Å². The molecule has 1 aromatic carbocycles. The molecule has 1 N–H and O–H groups in total. The first kappa shape index (κ1) is 21.7. The lowest BCUT2D eigenvalue weighted by molar-refractivity contribution is -0.384. The van der Waals surface area contributed by atoms with Gasteiger partial charge in [0, 0.05) is 35.3 Å². The van der Waals surface area contributed by atoms with Crippen LogP contribution in [0.4, 0.5) is 18.9 Å². The van der Waals surface area contributed by atoms with Crippen molar-refractivity contribution in [2.45, 2.75) is 43.1 Å². The van der Waals surface area contributed by atoms with Gasteiger partial charge in [0.05, 0.1) is 15.9 Å². The summed E-state index contributed by atoms with van der Waals surface area (Å²) >= 11 is 1.01. The highest BCUT2D eigenvalue weighted by Crippen LogP contribution is 2.36. The third kappa shape index (κ3) is 4.83. The number of aryl methyl sites for hydroxylation is 2. The van der Waals surface area contributed by atoms with Crippen LogP contribution in [0, 0.1) is 24.0 Å². The van der Waals surface area contributed by atoms with Crippen molar-refractivity contribution in [2.75, 3.05) is 0 Å². The van der Waals surface area contributed by atoms with E-state index in [1.807, 2.05) is 0 Å². The Hall–Kier alpha value is -2.56. The van der Waals surface area contributed by atoms with Crippen molar-refractivity contribution in [2.24, 2.45) is 7.05 Å². The predicted octanol–water partition coefficient (Wildman–Crippen LogP) is 3.85. The Morgan fingerprint density at radius 2 is 1.86 bits per heavy atom. The number of nitro groups is 1. The minimum Gasteiger partial charge on any atom is -0.340 e. The molecule has 0 saturated heterocycles. The van der Waals surface area contributed by atoms with E-state index in [-0.39, 0.29) is 16.9 Å². The molecule has 2 atom stereocenters. The van der Waals surface area contributed by atoms with Crippen LogP contribution in [0.5, 0.6) is 0 Å². The van der Waals surface area contributed by atoms with Crippen LogP contribution < -0.4 is 5.32 Å². The highest BCUT2D eigenvalue weighted by Gasteiger charge is 2.45. The lowest BCUT2D eigenvalue weighted by Gasteiger charge is -2.24. The summed E-state index contributed by atoms with van der Waals surface area (Å²) in [7, 11) is 1.54. The third-order valence-corrected chi connectivity index (χ3v) is 5.31. The molecule has 0 aliphatic rings. The summed E-state index contributed by atoms with van der Waals surface area (Å²) in [6.45, 7) is 4.44. The van der Waals surface area contributed by atoms with Crippen molar-refractivity contribution in [1.29, 1.82) is 0 Å². The Morgan fingerprint density at radius 3 is 2.29 bits per heavy atom. The fourth-order valence-corrected chi connectivity index (χ4v) is 3.57. The number of aromatic nitrogens is 2. The van der Waals surface area contributed by atoms with E-state index in [4.69, 9.17) is 0 Å². The Labute approximate surface area is 163 Å². The maximum absolute atomic E-state index is 13.6. The zero-order valence-corrected chi connectivity index (χ0v) is 16.4. The molecule has 0 unspecified atom stereocenters. The molecule has 28 heavy (non-hydrogen) atoms. The quantitative estimate of drug-likeness (QED) is 0.439. The van der Waals surface area contributed by atoms with Crippen molar-refractivity contribution >= 4 is 23.4 Å². The fourth-order valence-electron chi connectivity index (χ4n) is 2.69. The number of nitro benzene ring substituents is 1. The number of carbonyl (C=O) groups is 1. The number of halogens is 3. The van der Waals surface area contributed by atoms with Gasteiger partial charge in [-0.2, -0.15) is 18.3 Å². The standard InChI is InChI=1S/C17H19F3N4O3S/c1-9-14(10(2)23(4)22-9)15(17(18,19)20)21-16(25)11(3)28-13-7-5-12(6-8-13)24(26)27/h5-8,11,15H,1-4H3,(H,21,25)/t11-,15-/m0/s1. The molecule has 0 aliphatic carbocycles. The molecule has 1 heterocycles. The molecule has 0 bridgehead atoms.